The van der Waals surface area contributed by atoms with Gasteiger partial charge in [0.15, 0.2) is 17.3 Å². The zero-order valence-electron chi connectivity index (χ0n) is 19.8. The van der Waals surface area contributed by atoms with Gasteiger partial charge in [0.05, 0.1) is 11.0 Å². The first-order valence-corrected chi connectivity index (χ1v) is 11.7. The van der Waals surface area contributed by atoms with E-state index in [2.05, 4.69) is 29.0 Å². The van der Waals surface area contributed by atoms with Crippen molar-refractivity contribution >= 4 is 22.9 Å². The van der Waals surface area contributed by atoms with Crippen LogP contribution in [0.2, 0.25) is 0 Å². The molecule has 0 bridgehead atoms. The van der Waals surface area contributed by atoms with Crippen LogP contribution in [0.25, 0.3) is 11.0 Å². The molecule has 5 rings (SSSR count). The number of aromatic nitrogens is 2. The molecule has 0 fully saturated rings. The van der Waals surface area contributed by atoms with Gasteiger partial charge in [0.1, 0.15) is 18.1 Å². The van der Waals surface area contributed by atoms with Crippen molar-refractivity contribution in [1.29, 1.82) is 0 Å². The number of likely N-dealkylation sites (N-methyl/N-ethyl adjacent to an activating group) is 1. The highest BCUT2D eigenvalue weighted by molar-refractivity contribution is 6.02. The Hall–Kier alpha value is -3.98. The number of carbonyl (C=O) groups excluding carboxylic acids is 1. The number of nitrogens with zero attached hydrogens (tertiary/aromatic N) is 3. The number of imidazole rings is 1. The summed E-state index contributed by atoms with van der Waals surface area (Å²) in [5.74, 6) is 2.82. The number of ether oxygens (including phenoxy) is 3. The normalized spacial score (nSPS) is 12.4. The number of carbonyl (C=O) groups is 1. The monoisotopic (exact) mass is 476 g/mol. The van der Waals surface area contributed by atoms with Gasteiger partial charge in [0.25, 0.3) is 5.91 Å². The van der Waals surface area contributed by atoms with Gasteiger partial charge in [-0.05, 0) is 49.5 Å². The van der Waals surface area contributed by atoms with Crippen LogP contribution in [0.1, 0.15) is 30.2 Å². The summed E-state index contributed by atoms with van der Waals surface area (Å²) in [5, 5.41) is 2.92. The fourth-order valence-electron chi connectivity index (χ4n) is 4.04. The van der Waals surface area contributed by atoms with E-state index in [1.165, 1.54) is 0 Å². The van der Waals surface area contributed by atoms with Gasteiger partial charge in [-0.25, -0.2) is 4.98 Å². The number of hydrogen-bond acceptors (Lipinski definition) is 7. The lowest BCUT2D eigenvalue weighted by atomic mass is 10.3. The van der Waals surface area contributed by atoms with Crippen LogP contribution >= 0.6 is 0 Å². The molecule has 1 aliphatic rings. The van der Waals surface area contributed by atoms with Gasteiger partial charge in [-0.2, -0.15) is 0 Å². The maximum absolute atomic E-state index is 13.0. The third-order valence-electron chi connectivity index (χ3n) is 6.02. The lowest BCUT2D eigenvalue weighted by Crippen LogP contribution is -2.27. The van der Waals surface area contributed by atoms with E-state index in [-0.39, 0.29) is 25.1 Å². The average molecular weight is 477 g/mol. The molecule has 4 aromatic rings. The van der Waals surface area contributed by atoms with Gasteiger partial charge in [-0.1, -0.05) is 26.0 Å². The van der Waals surface area contributed by atoms with Crippen LogP contribution in [-0.4, -0.2) is 46.8 Å². The van der Waals surface area contributed by atoms with Crippen LogP contribution in [0, 0.1) is 0 Å². The van der Waals surface area contributed by atoms with Crippen LogP contribution in [0.4, 0.5) is 5.95 Å². The first-order chi connectivity index (χ1) is 17.1. The van der Waals surface area contributed by atoms with Gasteiger partial charge in [-0.3, -0.25) is 10.1 Å². The summed E-state index contributed by atoms with van der Waals surface area (Å²) in [6.07, 6.45) is 0. The number of fused-ring (bicyclic) bond motifs is 2. The highest BCUT2D eigenvalue weighted by Crippen LogP contribution is 2.35. The molecule has 2 aromatic heterocycles. The summed E-state index contributed by atoms with van der Waals surface area (Å²) in [4.78, 5) is 19.9. The highest BCUT2D eigenvalue weighted by atomic mass is 16.7. The van der Waals surface area contributed by atoms with Crippen LogP contribution in [0.5, 0.6) is 17.2 Å². The molecule has 0 saturated heterocycles. The van der Waals surface area contributed by atoms with E-state index in [1.54, 1.807) is 30.3 Å². The maximum Gasteiger partial charge on any atom is 0.293 e. The molecule has 0 spiro atoms. The quantitative estimate of drug-likeness (QED) is 0.360. The summed E-state index contributed by atoms with van der Waals surface area (Å²) in [6.45, 7) is 8.17. The molecule has 9 nitrogen and oxygen atoms in total. The first-order valence-electron chi connectivity index (χ1n) is 11.7. The van der Waals surface area contributed by atoms with Crippen molar-refractivity contribution in [2.75, 3.05) is 31.7 Å². The predicted molar refractivity (Wildman–Crippen MR) is 131 cm³/mol. The number of nitrogens with one attached hydrogen (secondary N) is 1. The summed E-state index contributed by atoms with van der Waals surface area (Å²) < 4.78 is 24.2. The Labute approximate surface area is 203 Å². The van der Waals surface area contributed by atoms with E-state index in [4.69, 9.17) is 18.6 Å². The van der Waals surface area contributed by atoms with Crippen molar-refractivity contribution in [3.05, 3.63) is 66.1 Å². The second-order valence-electron chi connectivity index (χ2n) is 8.13. The topological polar surface area (TPSA) is 91.0 Å². The standard InChI is InChI=1S/C26H28N4O5/c1-3-29(4-2)13-14-30-21-8-6-5-7-20(21)27-26(30)28-25(31)23-12-10-19(35-23)16-32-18-9-11-22-24(15-18)34-17-33-22/h5-12,15H,3-4,13-14,16-17H2,1-2H3,(H,27,28,31). The van der Waals surface area contributed by atoms with Crippen LogP contribution in [0.3, 0.4) is 0 Å². The minimum absolute atomic E-state index is 0.176. The number of amides is 1. The number of anilines is 1. The Balaban J connectivity index is 1.27. The lowest BCUT2D eigenvalue weighted by molar-refractivity contribution is 0.0991. The van der Waals surface area contributed by atoms with E-state index < -0.39 is 0 Å². The van der Waals surface area contributed by atoms with Gasteiger partial charge in [-0.15, -0.1) is 0 Å². The molecule has 0 radical (unpaired) electrons. The molecule has 0 saturated carbocycles. The smallest absolute Gasteiger partial charge is 0.293 e. The number of rotatable bonds is 10. The third-order valence-corrected chi connectivity index (χ3v) is 6.02. The van der Waals surface area contributed by atoms with Crippen LogP contribution < -0.4 is 19.5 Å². The van der Waals surface area contributed by atoms with Crippen molar-refractivity contribution in [1.82, 2.24) is 14.5 Å². The number of furan rings is 1. The van der Waals surface area contributed by atoms with Crippen molar-refractivity contribution in [3.63, 3.8) is 0 Å². The Morgan fingerprint density at radius 2 is 1.91 bits per heavy atom. The Morgan fingerprint density at radius 1 is 1.09 bits per heavy atom. The minimum Gasteiger partial charge on any atom is -0.486 e. The summed E-state index contributed by atoms with van der Waals surface area (Å²) >= 11 is 0. The van der Waals surface area contributed by atoms with E-state index in [0.29, 0.717) is 35.5 Å². The molecule has 9 heteroatoms. The molecule has 0 aliphatic carbocycles. The molecule has 3 heterocycles. The first kappa shape index (κ1) is 22.8. The number of benzene rings is 2. The van der Waals surface area contributed by atoms with E-state index in [1.807, 2.05) is 28.8 Å². The molecule has 1 amide bonds. The van der Waals surface area contributed by atoms with Gasteiger partial charge >= 0.3 is 0 Å². The Bertz CT molecular complexity index is 1320. The van der Waals surface area contributed by atoms with Gasteiger partial charge < -0.3 is 28.1 Å². The number of para-hydroxylation sites is 2. The largest absolute Gasteiger partial charge is 0.486 e. The van der Waals surface area contributed by atoms with Gasteiger partial charge in [0.2, 0.25) is 12.7 Å². The number of hydrogen-bond donors (Lipinski definition) is 1. The molecular weight excluding hydrogens is 448 g/mol. The second kappa shape index (κ2) is 10.1. The van der Waals surface area contributed by atoms with Gasteiger partial charge in [0, 0.05) is 19.2 Å². The van der Waals surface area contributed by atoms with Crippen LogP contribution in [0.15, 0.2) is 59.0 Å². The Kier molecular flexibility index (Phi) is 6.58. The Morgan fingerprint density at radius 3 is 2.77 bits per heavy atom. The zero-order chi connectivity index (χ0) is 24.2. The summed E-state index contributed by atoms with van der Waals surface area (Å²) in [5.41, 5.74) is 1.81. The molecular formula is C26H28N4O5. The molecule has 2 aromatic carbocycles. The SMILES string of the molecule is CCN(CC)CCn1c(NC(=O)c2ccc(COc3ccc4c(c3)OCO4)o2)nc2ccccc21. The lowest BCUT2D eigenvalue weighted by Gasteiger charge is -2.19. The maximum atomic E-state index is 13.0. The van der Waals surface area contributed by atoms with Crippen molar-refractivity contribution in [2.45, 2.75) is 27.0 Å². The minimum atomic E-state index is -0.362. The molecule has 182 valence electrons. The molecule has 0 atom stereocenters. The van der Waals surface area contributed by atoms with E-state index in [0.717, 1.165) is 30.7 Å². The zero-order valence-corrected chi connectivity index (χ0v) is 19.8. The molecule has 1 N–H and O–H groups in total. The summed E-state index contributed by atoms with van der Waals surface area (Å²) in [7, 11) is 0. The second-order valence-corrected chi connectivity index (χ2v) is 8.13. The van der Waals surface area contributed by atoms with Crippen LogP contribution in [-0.2, 0) is 13.2 Å². The van der Waals surface area contributed by atoms with Crippen molar-refractivity contribution in [2.24, 2.45) is 0 Å². The van der Waals surface area contributed by atoms with E-state index >= 15 is 0 Å². The van der Waals surface area contributed by atoms with Crippen molar-refractivity contribution < 1.29 is 23.4 Å². The fraction of sp³-hybridized carbons (Fsp3) is 0.308. The van der Waals surface area contributed by atoms with Crippen molar-refractivity contribution in [3.8, 4) is 17.2 Å². The molecule has 35 heavy (non-hydrogen) atoms. The highest BCUT2D eigenvalue weighted by Gasteiger charge is 2.18. The predicted octanol–water partition coefficient (Wildman–Crippen LogP) is 4.53. The summed E-state index contributed by atoms with van der Waals surface area (Å²) in [6, 6.07) is 16.6. The third kappa shape index (κ3) is 4.95. The molecule has 0 unspecified atom stereocenters. The fourth-order valence-corrected chi connectivity index (χ4v) is 4.04. The molecule has 1 aliphatic heterocycles. The average Bonchev–Trinajstić information content (AvgIpc) is 3.62. The van der Waals surface area contributed by atoms with E-state index in [9.17, 15) is 4.79 Å².